The molecule has 6 heteroatoms. The van der Waals surface area contributed by atoms with Gasteiger partial charge >= 0.3 is 0 Å². The fourth-order valence-electron chi connectivity index (χ4n) is 2.30. The predicted molar refractivity (Wildman–Crippen MR) is 98.7 cm³/mol. The van der Waals surface area contributed by atoms with Gasteiger partial charge in [-0.2, -0.15) is 0 Å². The summed E-state index contributed by atoms with van der Waals surface area (Å²) in [5.74, 6) is -0.149. The summed E-state index contributed by atoms with van der Waals surface area (Å²) in [6, 6.07) is 10.0. The van der Waals surface area contributed by atoms with Crippen LogP contribution in [0.2, 0.25) is 0 Å². The number of hydrogen-bond donors (Lipinski definition) is 1. The lowest BCUT2D eigenvalue weighted by Gasteiger charge is -2.10. The molecule has 0 spiro atoms. The largest absolute Gasteiger partial charge is 0.343 e. The summed E-state index contributed by atoms with van der Waals surface area (Å²) < 4.78 is 0. The number of carbonyl (C=O) groups excluding carboxylic acids is 1. The average Bonchev–Trinajstić information content (AvgIpc) is 3.25. The highest BCUT2D eigenvalue weighted by molar-refractivity contribution is 7.10. The van der Waals surface area contributed by atoms with Gasteiger partial charge in [-0.1, -0.05) is 37.3 Å². The second kappa shape index (κ2) is 7.68. The molecule has 124 valence electrons. The predicted octanol–water partition coefficient (Wildman–Crippen LogP) is 4.24. The van der Waals surface area contributed by atoms with Gasteiger partial charge in [-0.05, 0) is 18.9 Å². The molecular weight excluding hydrogens is 338 g/mol. The molecule has 2 aromatic heterocycles. The maximum absolute atomic E-state index is 12.4. The van der Waals surface area contributed by atoms with E-state index < -0.39 is 0 Å². The highest BCUT2D eigenvalue weighted by Gasteiger charge is 2.16. The normalized spacial score (nSPS) is 12.1. The highest BCUT2D eigenvalue weighted by atomic mass is 32.1. The molecule has 3 aromatic rings. The molecule has 0 saturated carbocycles. The van der Waals surface area contributed by atoms with Crippen molar-refractivity contribution < 1.29 is 4.79 Å². The number of aryl methyl sites for hydroxylation is 1. The summed E-state index contributed by atoms with van der Waals surface area (Å²) >= 11 is 3.15. The lowest BCUT2D eigenvalue weighted by molar-refractivity contribution is 0.0934. The van der Waals surface area contributed by atoms with Gasteiger partial charge in [0.1, 0.15) is 5.69 Å². The van der Waals surface area contributed by atoms with Crippen LogP contribution in [0, 0.1) is 0 Å². The number of nitrogens with one attached hydrogen (secondary N) is 1. The van der Waals surface area contributed by atoms with Gasteiger partial charge in [0, 0.05) is 17.2 Å². The molecule has 0 bridgehead atoms. The van der Waals surface area contributed by atoms with Crippen LogP contribution in [0.1, 0.15) is 51.7 Å². The van der Waals surface area contributed by atoms with Gasteiger partial charge in [0.2, 0.25) is 0 Å². The van der Waals surface area contributed by atoms with Crippen molar-refractivity contribution in [2.45, 2.75) is 32.7 Å². The van der Waals surface area contributed by atoms with Crippen LogP contribution >= 0.6 is 22.7 Å². The number of nitrogens with zero attached hydrogens (tertiary/aromatic N) is 2. The number of rotatable bonds is 6. The maximum Gasteiger partial charge on any atom is 0.271 e. The third-order valence-electron chi connectivity index (χ3n) is 3.65. The van der Waals surface area contributed by atoms with Crippen molar-refractivity contribution in [3.05, 3.63) is 68.1 Å². The second-order valence-corrected chi connectivity index (χ2v) is 7.39. The van der Waals surface area contributed by atoms with Crippen molar-refractivity contribution in [1.82, 2.24) is 15.3 Å². The van der Waals surface area contributed by atoms with Gasteiger partial charge in [0.25, 0.3) is 5.91 Å². The molecule has 1 atom stereocenters. The lowest BCUT2D eigenvalue weighted by Crippen LogP contribution is -2.27. The molecule has 2 heterocycles. The minimum atomic E-state index is -0.149. The van der Waals surface area contributed by atoms with Crippen molar-refractivity contribution in [1.29, 1.82) is 0 Å². The maximum atomic E-state index is 12.4. The van der Waals surface area contributed by atoms with Gasteiger partial charge < -0.3 is 5.32 Å². The van der Waals surface area contributed by atoms with E-state index in [1.54, 1.807) is 11.3 Å². The first kappa shape index (κ1) is 16.8. The summed E-state index contributed by atoms with van der Waals surface area (Å²) in [6.07, 6.45) is 1.67. The van der Waals surface area contributed by atoms with Gasteiger partial charge in [0.15, 0.2) is 0 Å². The Kier molecular flexibility index (Phi) is 5.37. The van der Waals surface area contributed by atoms with Crippen LogP contribution in [-0.4, -0.2) is 15.9 Å². The Balaban J connectivity index is 1.63. The monoisotopic (exact) mass is 357 g/mol. The van der Waals surface area contributed by atoms with Crippen LogP contribution in [0.4, 0.5) is 0 Å². The Morgan fingerprint density at radius 3 is 2.58 bits per heavy atom. The third kappa shape index (κ3) is 4.07. The second-order valence-electron chi connectivity index (χ2n) is 5.50. The number of carbonyl (C=O) groups is 1. The van der Waals surface area contributed by atoms with Crippen LogP contribution in [0.15, 0.2) is 41.1 Å². The average molecular weight is 358 g/mol. The smallest absolute Gasteiger partial charge is 0.271 e. The van der Waals surface area contributed by atoms with Crippen molar-refractivity contribution in [2.24, 2.45) is 0 Å². The van der Waals surface area contributed by atoms with Crippen LogP contribution in [0.3, 0.4) is 0 Å². The number of benzene rings is 1. The molecule has 1 unspecified atom stereocenters. The van der Waals surface area contributed by atoms with Crippen molar-refractivity contribution >= 4 is 28.6 Å². The zero-order valence-corrected chi connectivity index (χ0v) is 15.3. The molecule has 24 heavy (non-hydrogen) atoms. The van der Waals surface area contributed by atoms with E-state index in [1.165, 1.54) is 16.9 Å². The fourth-order valence-corrected chi connectivity index (χ4v) is 3.94. The van der Waals surface area contributed by atoms with E-state index in [0.29, 0.717) is 5.69 Å². The summed E-state index contributed by atoms with van der Waals surface area (Å²) in [6.45, 7) is 4.03. The van der Waals surface area contributed by atoms with Crippen molar-refractivity contribution in [3.63, 3.8) is 0 Å². The zero-order chi connectivity index (χ0) is 16.9. The summed E-state index contributed by atoms with van der Waals surface area (Å²) in [7, 11) is 0. The van der Waals surface area contributed by atoms with Crippen LogP contribution < -0.4 is 5.32 Å². The first-order valence-electron chi connectivity index (χ1n) is 7.89. The van der Waals surface area contributed by atoms with E-state index in [1.807, 2.05) is 35.9 Å². The quantitative estimate of drug-likeness (QED) is 0.718. The molecule has 4 nitrogen and oxygen atoms in total. The van der Waals surface area contributed by atoms with Gasteiger partial charge in [0.05, 0.1) is 21.8 Å². The molecule has 1 amide bonds. The summed E-state index contributed by atoms with van der Waals surface area (Å²) in [5, 5.41) is 8.83. The number of amides is 1. The molecular formula is C18H19N3OS2. The Labute approximate surface area is 149 Å². The van der Waals surface area contributed by atoms with Gasteiger partial charge in [-0.3, -0.25) is 4.79 Å². The lowest BCUT2D eigenvalue weighted by atomic mass is 10.2. The Morgan fingerprint density at radius 1 is 1.12 bits per heavy atom. The molecule has 1 N–H and O–H groups in total. The minimum Gasteiger partial charge on any atom is -0.343 e. The third-order valence-corrected chi connectivity index (χ3v) is 5.51. The minimum absolute atomic E-state index is 0.117. The first-order chi connectivity index (χ1) is 11.7. The van der Waals surface area contributed by atoms with E-state index in [-0.39, 0.29) is 11.9 Å². The van der Waals surface area contributed by atoms with Crippen LogP contribution in [0.5, 0.6) is 0 Å². The molecule has 0 fully saturated rings. The first-order valence-corrected chi connectivity index (χ1v) is 9.65. The number of thiazole rings is 2. The molecule has 3 rings (SSSR count). The Hall–Kier alpha value is -2.05. The topological polar surface area (TPSA) is 54.9 Å². The van der Waals surface area contributed by atoms with E-state index in [9.17, 15) is 4.79 Å². The standard InChI is InChI=1S/C18H19N3OS2/c1-3-16-20-14(10-23-16)12(2)19-18(22)15-11-24-17(21-15)9-13-7-5-4-6-8-13/h4-8,10-12H,3,9H2,1-2H3,(H,19,22). The number of aromatic nitrogens is 2. The van der Waals surface area contributed by atoms with E-state index in [0.717, 1.165) is 28.6 Å². The molecule has 0 aliphatic carbocycles. The molecule has 0 aliphatic heterocycles. The zero-order valence-electron chi connectivity index (χ0n) is 13.7. The molecule has 0 radical (unpaired) electrons. The van der Waals surface area contributed by atoms with Crippen LogP contribution in [-0.2, 0) is 12.8 Å². The molecule has 0 aliphatic rings. The van der Waals surface area contributed by atoms with Gasteiger partial charge in [-0.25, -0.2) is 9.97 Å². The van der Waals surface area contributed by atoms with Gasteiger partial charge in [-0.15, -0.1) is 22.7 Å². The van der Waals surface area contributed by atoms with E-state index >= 15 is 0 Å². The highest BCUT2D eigenvalue weighted by Crippen LogP contribution is 2.19. The van der Waals surface area contributed by atoms with E-state index in [2.05, 4.69) is 34.3 Å². The SMILES string of the molecule is CCc1nc(C(C)NC(=O)c2csc(Cc3ccccc3)n2)cs1. The molecule has 1 aromatic carbocycles. The van der Waals surface area contributed by atoms with E-state index in [4.69, 9.17) is 0 Å². The fraction of sp³-hybridized carbons (Fsp3) is 0.278. The summed E-state index contributed by atoms with van der Waals surface area (Å²) in [4.78, 5) is 21.4. The summed E-state index contributed by atoms with van der Waals surface area (Å²) in [5.41, 5.74) is 2.58. The van der Waals surface area contributed by atoms with Crippen molar-refractivity contribution in [2.75, 3.05) is 0 Å². The van der Waals surface area contributed by atoms with Crippen molar-refractivity contribution in [3.8, 4) is 0 Å². The molecule has 0 saturated heterocycles. The Bertz CT molecular complexity index is 811. The van der Waals surface area contributed by atoms with Crippen LogP contribution in [0.25, 0.3) is 0 Å². The number of hydrogen-bond acceptors (Lipinski definition) is 5. The Morgan fingerprint density at radius 2 is 1.88 bits per heavy atom.